The quantitative estimate of drug-likeness (QED) is 0.499. The number of methoxy groups -OCH3 is 1. The molecule has 142 valence electrons. The Morgan fingerprint density at radius 1 is 1.07 bits per heavy atom. The van der Waals surface area contributed by atoms with Crippen LogP contribution in [0.15, 0.2) is 59.6 Å². The van der Waals surface area contributed by atoms with Crippen molar-refractivity contribution < 1.29 is 9.53 Å². The summed E-state index contributed by atoms with van der Waals surface area (Å²) in [5, 5.41) is 2.15. The molecule has 3 aromatic carbocycles. The predicted molar refractivity (Wildman–Crippen MR) is 115 cm³/mol. The Morgan fingerprint density at radius 2 is 1.86 bits per heavy atom. The number of aromatic nitrogens is 1. The number of nitrogens with zero attached hydrogens (tertiary/aromatic N) is 2. The second-order valence-corrected chi connectivity index (χ2v) is 7.95. The van der Waals surface area contributed by atoms with E-state index >= 15 is 0 Å². The smallest absolute Gasteiger partial charge is 0.279 e. The van der Waals surface area contributed by atoms with Gasteiger partial charge in [-0.15, -0.1) is 0 Å². The summed E-state index contributed by atoms with van der Waals surface area (Å²) in [5.74, 6) is -0.224. The van der Waals surface area contributed by atoms with Crippen molar-refractivity contribution in [3.63, 3.8) is 0 Å². The lowest BCUT2D eigenvalue weighted by Crippen LogP contribution is -2.19. The van der Waals surface area contributed by atoms with Gasteiger partial charge in [-0.3, -0.25) is 4.79 Å². The van der Waals surface area contributed by atoms with Gasteiger partial charge in [-0.25, -0.2) is 0 Å². The lowest BCUT2D eigenvalue weighted by Gasteiger charge is -2.07. The minimum atomic E-state index is -0.224. The lowest BCUT2D eigenvalue weighted by molar-refractivity contribution is 0.0997. The Labute approximate surface area is 167 Å². The largest absolute Gasteiger partial charge is 0.383 e. The molecule has 0 N–H and O–H groups in total. The molecule has 0 spiro atoms. The zero-order chi connectivity index (χ0) is 19.7. The molecule has 28 heavy (non-hydrogen) atoms. The maximum Gasteiger partial charge on any atom is 0.279 e. The molecule has 5 heteroatoms. The van der Waals surface area contributed by atoms with Gasteiger partial charge < -0.3 is 9.30 Å². The van der Waals surface area contributed by atoms with Crippen LogP contribution in [-0.2, 0) is 11.3 Å². The van der Waals surface area contributed by atoms with Gasteiger partial charge in [0.15, 0.2) is 4.80 Å². The molecule has 0 fully saturated rings. The van der Waals surface area contributed by atoms with Crippen molar-refractivity contribution in [3.05, 3.63) is 76.1 Å². The van der Waals surface area contributed by atoms with E-state index in [1.807, 2.05) is 42.5 Å². The van der Waals surface area contributed by atoms with Gasteiger partial charge in [0, 0.05) is 19.2 Å². The van der Waals surface area contributed by atoms with Gasteiger partial charge in [0.05, 0.1) is 16.8 Å². The van der Waals surface area contributed by atoms with Crippen LogP contribution in [0.3, 0.4) is 0 Å². The third kappa shape index (κ3) is 3.51. The summed E-state index contributed by atoms with van der Waals surface area (Å²) in [6.07, 6.45) is 0. The number of aryl methyl sites for hydroxylation is 2. The Hall–Kier alpha value is -2.76. The highest BCUT2D eigenvalue weighted by Gasteiger charge is 2.12. The summed E-state index contributed by atoms with van der Waals surface area (Å²) in [6.45, 7) is 5.41. The van der Waals surface area contributed by atoms with E-state index in [9.17, 15) is 4.79 Å². The first-order valence-electron chi connectivity index (χ1n) is 9.24. The summed E-state index contributed by atoms with van der Waals surface area (Å²) in [7, 11) is 1.68. The van der Waals surface area contributed by atoms with E-state index in [-0.39, 0.29) is 5.91 Å². The van der Waals surface area contributed by atoms with Crippen LogP contribution in [-0.4, -0.2) is 24.2 Å². The Morgan fingerprint density at radius 3 is 2.64 bits per heavy atom. The fraction of sp³-hybridized carbons (Fsp3) is 0.217. The Kier molecular flexibility index (Phi) is 5.11. The molecule has 0 saturated heterocycles. The van der Waals surface area contributed by atoms with E-state index in [4.69, 9.17) is 4.74 Å². The van der Waals surface area contributed by atoms with E-state index in [1.54, 1.807) is 18.4 Å². The highest BCUT2D eigenvalue weighted by atomic mass is 32.1. The van der Waals surface area contributed by atoms with E-state index in [2.05, 4.69) is 35.5 Å². The van der Waals surface area contributed by atoms with E-state index in [0.717, 1.165) is 21.0 Å². The van der Waals surface area contributed by atoms with Crippen molar-refractivity contribution in [2.24, 2.45) is 4.99 Å². The van der Waals surface area contributed by atoms with Gasteiger partial charge in [-0.05, 0) is 53.9 Å². The second kappa shape index (κ2) is 7.70. The molecule has 1 aromatic heterocycles. The van der Waals surface area contributed by atoms with Crippen LogP contribution in [0.4, 0.5) is 0 Å². The van der Waals surface area contributed by atoms with Crippen LogP contribution in [0.5, 0.6) is 0 Å². The molecule has 0 bridgehead atoms. The van der Waals surface area contributed by atoms with Gasteiger partial charge in [0.2, 0.25) is 0 Å². The normalized spacial score (nSPS) is 12.2. The van der Waals surface area contributed by atoms with Gasteiger partial charge in [-0.2, -0.15) is 4.99 Å². The second-order valence-electron chi connectivity index (χ2n) is 6.94. The zero-order valence-electron chi connectivity index (χ0n) is 16.2. The SMILES string of the molecule is COCCn1c(=NC(=O)c2ccc3ccccc3c2)sc2cc(C)cc(C)c21. The monoisotopic (exact) mass is 390 g/mol. The molecule has 1 amide bonds. The van der Waals surface area contributed by atoms with Gasteiger partial charge in [0.1, 0.15) is 0 Å². The maximum absolute atomic E-state index is 12.9. The number of thiazole rings is 1. The van der Waals surface area contributed by atoms with Crippen LogP contribution in [0.1, 0.15) is 21.5 Å². The number of carbonyl (C=O) groups is 1. The van der Waals surface area contributed by atoms with Crippen molar-refractivity contribution in [1.29, 1.82) is 0 Å². The van der Waals surface area contributed by atoms with Gasteiger partial charge >= 0.3 is 0 Å². The van der Waals surface area contributed by atoms with Crippen molar-refractivity contribution in [2.75, 3.05) is 13.7 Å². The first-order valence-corrected chi connectivity index (χ1v) is 10.1. The molecule has 4 nitrogen and oxygen atoms in total. The molecule has 4 rings (SSSR count). The number of hydrogen-bond acceptors (Lipinski definition) is 3. The number of rotatable bonds is 4. The molecule has 0 radical (unpaired) electrons. The average molecular weight is 391 g/mol. The van der Waals surface area contributed by atoms with Crippen molar-refractivity contribution in [3.8, 4) is 0 Å². The standard InChI is InChI=1S/C23H22N2O2S/c1-15-12-16(2)21-20(13-15)28-23(25(21)10-11-27-3)24-22(26)19-9-8-17-6-4-5-7-18(17)14-19/h4-9,12-14H,10-11H2,1-3H3. The highest BCUT2D eigenvalue weighted by molar-refractivity contribution is 7.16. The first kappa shape index (κ1) is 18.6. The maximum atomic E-state index is 12.9. The molecule has 0 aliphatic heterocycles. The molecule has 0 saturated carbocycles. The van der Waals surface area contributed by atoms with Crippen molar-refractivity contribution in [2.45, 2.75) is 20.4 Å². The minimum absolute atomic E-state index is 0.224. The molecule has 0 unspecified atom stereocenters. The summed E-state index contributed by atoms with van der Waals surface area (Å²) >= 11 is 1.55. The van der Waals surface area contributed by atoms with Crippen LogP contribution >= 0.6 is 11.3 Å². The van der Waals surface area contributed by atoms with E-state index < -0.39 is 0 Å². The fourth-order valence-electron chi connectivity index (χ4n) is 3.54. The third-order valence-electron chi connectivity index (χ3n) is 4.82. The molecule has 1 heterocycles. The molecule has 0 atom stereocenters. The van der Waals surface area contributed by atoms with Crippen molar-refractivity contribution in [1.82, 2.24) is 4.57 Å². The van der Waals surface area contributed by atoms with Crippen LogP contribution in [0, 0.1) is 13.8 Å². The third-order valence-corrected chi connectivity index (χ3v) is 5.85. The predicted octanol–water partition coefficient (Wildman–Crippen LogP) is 4.86. The molecule has 0 aliphatic carbocycles. The number of amides is 1. The van der Waals surface area contributed by atoms with E-state index in [0.29, 0.717) is 23.5 Å². The number of carbonyl (C=O) groups excluding carboxylic acids is 1. The molecular weight excluding hydrogens is 368 g/mol. The molecular formula is C23H22N2O2S. The Balaban J connectivity index is 1.84. The summed E-state index contributed by atoms with van der Waals surface area (Å²) in [6, 6.07) is 18.0. The average Bonchev–Trinajstić information content (AvgIpc) is 3.02. The molecule has 0 aliphatic rings. The molecule has 4 aromatic rings. The number of hydrogen-bond donors (Lipinski definition) is 0. The minimum Gasteiger partial charge on any atom is -0.383 e. The van der Waals surface area contributed by atoms with E-state index in [1.165, 1.54) is 11.1 Å². The summed E-state index contributed by atoms with van der Waals surface area (Å²) < 4.78 is 8.51. The van der Waals surface area contributed by atoms with Crippen LogP contribution < -0.4 is 4.80 Å². The van der Waals surface area contributed by atoms with Crippen LogP contribution in [0.25, 0.3) is 21.0 Å². The lowest BCUT2D eigenvalue weighted by atomic mass is 10.1. The highest BCUT2D eigenvalue weighted by Crippen LogP contribution is 2.23. The van der Waals surface area contributed by atoms with Crippen LogP contribution in [0.2, 0.25) is 0 Å². The summed E-state index contributed by atoms with van der Waals surface area (Å²) in [5.41, 5.74) is 4.11. The fourth-order valence-corrected chi connectivity index (χ4v) is 4.77. The van der Waals surface area contributed by atoms with Crippen molar-refractivity contribution >= 4 is 38.2 Å². The number of fused-ring (bicyclic) bond motifs is 2. The van der Waals surface area contributed by atoms with Gasteiger partial charge in [-0.1, -0.05) is 47.7 Å². The topological polar surface area (TPSA) is 43.6 Å². The number of benzene rings is 3. The van der Waals surface area contributed by atoms with Gasteiger partial charge in [0.25, 0.3) is 5.91 Å². The Bertz CT molecular complexity index is 1250. The zero-order valence-corrected chi connectivity index (χ0v) is 17.0. The first-order chi connectivity index (χ1) is 13.6. The summed E-state index contributed by atoms with van der Waals surface area (Å²) in [4.78, 5) is 18.1. The number of ether oxygens (including phenoxy) is 1.